The van der Waals surface area contributed by atoms with Crippen LogP contribution in [0.1, 0.15) is 11.4 Å². The number of rotatable bonds is 2. The SMILES string of the molecule is N#C/C(=C\c1ccccc1)c1nc2cc(Cl)ccc2c(=O)[nH]1. The highest BCUT2D eigenvalue weighted by Gasteiger charge is 2.08. The fraction of sp³-hybridized carbons (Fsp3) is 0. The van der Waals surface area contributed by atoms with E-state index in [1.54, 1.807) is 24.3 Å². The molecule has 3 rings (SSSR count). The first-order chi connectivity index (χ1) is 10.7. The van der Waals surface area contributed by atoms with Crippen molar-refractivity contribution in [2.24, 2.45) is 0 Å². The van der Waals surface area contributed by atoms with Crippen LogP contribution in [0.25, 0.3) is 22.6 Å². The first-order valence-electron chi connectivity index (χ1n) is 6.54. The molecular formula is C17H10ClN3O. The topological polar surface area (TPSA) is 69.5 Å². The van der Waals surface area contributed by atoms with E-state index in [1.165, 1.54) is 0 Å². The second-order valence-electron chi connectivity index (χ2n) is 4.66. The summed E-state index contributed by atoms with van der Waals surface area (Å²) in [6, 6.07) is 16.3. The third kappa shape index (κ3) is 2.76. The van der Waals surface area contributed by atoms with Crippen LogP contribution in [-0.2, 0) is 0 Å². The number of H-pyrrole nitrogens is 1. The Kier molecular flexibility index (Phi) is 3.73. The van der Waals surface area contributed by atoms with Gasteiger partial charge >= 0.3 is 0 Å². The molecule has 0 saturated carbocycles. The monoisotopic (exact) mass is 307 g/mol. The van der Waals surface area contributed by atoms with Gasteiger partial charge in [0.05, 0.1) is 16.5 Å². The Balaban J connectivity index is 2.18. The number of benzene rings is 2. The largest absolute Gasteiger partial charge is 0.305 e. The van der Waals surface area contributed by atoms with Gasteiger partial charge in [0.1, 0.15) is 6.07 Å². The summed E-state index contributed by atoms with van der Waals surface area (Å²) in [5, 5.41) is 10.3. The van der Waals surface area contributed by atoms with E-state index in [4.69, 9.17) is 11.6 Å². The van der Waals surface area contributed by atoms with E-state index in [2.05, 4.69) is 16.0 Å². The fourth-order valence-corrected chi connectivity index (χ4v) is 2.28. The molecule has 1 N–H and O–H groups in total. The Hall–Kier alpha value is -2.90. The van der Waals surface area contributed by atoms with E-state index in [9.17, 15) is 10.1 Å². The van der Waals surface area contributed by atoms with Crippen molar-refractivity contribution >= 4 is 34.2 Å². The van der Waals surface area contributed by atoms with E-state index in [-0.39, 0.29) is 17.0 Å². The Morgan fingerprint density at radius 2 is 2.00 bits per heavy atom. The summed E-state index contributed by atoms with van der Waals surface area (Å²) in [6.45, 7) is 0. The molecule has 106 valence electrons. The molecule has 0 amide bonds. The van der Waals surface area contributed by atoms with Crippen molar-refractivity contribution in [3.63, 3.8) is 0 Å². The molecule has 22 heavy (non-hydrogen) atoms. The molecule has 5 heteroatoms. The molecule has 0 radical (unpaired) electrons. The molecule has 1 heterocycles. The van der Waals surface area contributed by atoms with Crippen LogP contribution in [0.15, 0.2) is 53.3 Å². The number of nitriles is 1. The number of hydrogen-bond donors (Lipinski definition) is 1. The first kappa shape index (κ1) is 14.1. The molecule has 0 aliphatic carbocycles. The summed E-state index contributed by atoms with van der Waals surface area (Å²) >= 11 is 5.93. The molecule has 3 aromatic rings. The number of aromatic amines is 1. The molecule has 0 aliphatic heterocycles. The van der Waals surface area contributed by atoms with E-state index >= 15 is 0 Å². The van der Waals surface area contributed by atoms with Gasteiger partial charge in [-0.05, 0) is 29.8 Å². The molecule has 1 aromatic heterocycles. The minimum Gasteiger partial charge on any atom is -0.305 e. The summed E-state index contributed by atoms with van der Waals surface area (Å²) in [4.78, 5) is 19.1. The maximum atomic E-state index is 12.1. The molecule has 0 fully saturated rings. The zero-order valence-electron chi connectivity index (χ0n) is 11.4. The van der Waals surface area contributed by atoms with Gasteiger partial charge in [0, 0.05) is 5.02 Å². The van der Waals surface area contributed by atoms with Crippen molar-refractivity contribution in [1.29, 1.82) is 5.26 Å². The molecule has 0 bridgehead atoms. The summed E-state index contributed by atoms with van der Waals surface area (Å²) in [5.41, 5.74) is 1.30. The summed E-state index contributed by atoms with van der Waals surface area (Å²) < 4.78 is 0. The van der Waals surface area contributed by atoms with Gasteiger partial charge in [-0.1, -0.05) is 41.9 Å². The molecule has 2 aromatic carbocycles. The Morgan fingerprint density at radius 1 is 1.23 bits per heavy atom. The molecule has 0 atom stereocenters. The smallest absolute Gasteiger partial charge is 0.259 e. The number of fused-ring (bicyclic) bond motifs is 1. The van der Waals surface area contributed by atoms with Crippen molar-refractivity contribution in [2.45, 2.75) is 0 Å². The number of halogens is 1. The lowest BCUT2D eigenvalue weighted by Gasteiger charge is -2.02. The minimum absolute atomic E-state index is 0.228. The van der Waals surface area contributed by atoms with Gasteiger partial charge in [0.25, 0.3) is 5.56 Å². The summed E-state index contributed by atoms with van der Waals surface area (Å²) in [5.74, 6) is 0.228. The van der Waals surface area contributed by atoms with Crippen LogP contribution in [0.2, 0.25) is 5.02 Å². The Bertz CT molecular complexity index is 969. The molecular weight excluding hydrogens is 298 g/mol. The highest BCUT2D eigenvalue weighted by molar-refractivity contribution is 6.31. The van der Waals surface area contributed by atoms with Gasteiger partial charge < -0.3 is 4.98 Å². The summed E-state index contributed by atoms with van der Waals surface area (Å²) in [6.07, 6.45) is 1.68. The van der Waals surface area contributed by atoms with Crippen LogP contribution in [-0.4, -0.2) is 9.97 Å². The first-order valence-corrected chi connectivity index (χ1v) is 6.92. The van der Waals surface area contributed by atoms with Crippen molar-refractivity contribution in [3.8, 4) is 6.07 Å². The summed E-state index contributed by atoms with van der Waals surface area (Å²) in [7, 11) is 0. The van der Waals surface area contributed by atoms with E-state index < -0.39 is 0 Å². The highest BCUT2D eigenvalue weighted by Crippen LogP contribution is 2.18. The van der Waals surface area contributed by atoms with E-state index in [0.717, 1.165) is 5.56 Å². The number of allylic oxidation sites excluding steroid dienone is 1. The minimum atomic E-state index is -0.300. The standard InChI is InChI=1S/C17H10ClN3O/c18-13-6-7-14-15(9-13)20-16(21-17(14)22)12(10-19)8-11-4-2-1-3-5-11/h1-9H,(H,20,21,22)/b12-8+. The highest BCUT2D eigenvalue weighted by atomic mass is 35.5. The Morgan fingerprint density at radius 3 is 2.73 bits per heavy atom. The molecule has 0 saturated heterocycles. The third-order valence-electron chi connectivity index (χ3n) is 3.15. The Labute approximate surface area is 131 Å². The van der Waals surface area contributed by atoms with Crippen LogP contribution in [0.5, 0.6) is 0 Å². The predicted molar refractivity (Wildman–Crippen MR) is 87.3 cm³/mol. The normalized spacial score (nSPS) is 11.4. The van der Waals surface area contributed by atoms with E-state index in [1.807, 2.05) is 30.3 Å². The second-order valence-corrected chi connectivity index (χ2v) is 5.09. The number of aromatic nitrogens is 2. The lowest BCUT2D eigenvalue weighted by Crippen LogP contribution is -2.11. The lowest BCUT2D eigenvalue weighted by atomic mass is 10.1. The van der Waals surface area contributed by atoms with Crippen LogP contribution < -0.4 is 5.56 Å². The number of hydrogen-bond acceptors (Lipinski definition) is 3. The van der Waals surface area contributed by atoms with Crippen LogP contribution >= 0.6 is 11.6 Å². The van der Waals surface area contributed by atoms with Gasteiger partial charge in [-0.25, -0.2) is 4.98 Å². The fourth-order valence-electron chi connectivity index (χ4n) is 2.11. The molecule has 0 aliphatic rings. The van der Waals surface area contributed by atoms with Crippen LogP contribution in [0.3, 0.4) is 0 Å². The number of nitrogens with one attached hydrogen (secondary N) is 1. The van der Waals surface area contributed by atoms with Gasteiger partial charge in [-0.15, -0.1) is 0 Å². The zero-order chi connectivity index (χ0) is 15.5. The maximum Gasteiger partial charge on any atom is 0.259 e. The average molecular weight is 308 g/mol. The zero-order valence-corrected chi connectivity index (χ0v) is 12.1. The number of nitrogens with zero attached hydrogens (tertiary/aromatic N) is 2. The van der Waals surface area contributed by atoms with Crippen molar-refractivity contribution in [3.05, 3.63) is 75.3 Å². The van der Waals surface area contributed by atoms with Crippen LogP contribution in [0, 0.1) is 11.3 Å². The van der Waals surface area contributed by atoms with Crippen molar-refractivity contribution in [1.82, 2.24) is 9.97 Å². The van der Waals surface area contributed by atoms with Crippen molar-refractivity contribution in [2.75, 3.05) is 0 Å². The quantitative estimate of drug-likeness (QED) is 0.735. The van der Waals surface area contributed by atoms with Crippen LogP contribution in [0.4, 0.5) is 0 Å². The lowest BCUT2D eigenvalue weighted by molar-refractivity contribution is 1.13. The predicted octanol–water partition coefficient (Wildman–Crippen LogP) is 3.64. The third-order valence-corrected chi connectivity index (χ3v) is 3.39. The van der Waals surface area contributed by atoms with Gasteiger partial charge in [0.2, 0.25) is 0 Å². The molecule has 0 spiro atoms. The maximum absolute atomic E-state index is 12.1. The van der Waals surface area contributed by atoms with Gasteiger partial charge in [-0.3, -0.25) is 4.79 Å². The second kappa shape index (κ2) is 5.84. The van der Waals surface area contributed by atoms with E-state index in [0.29, 0.717) is 15.9 Å². The molecule has 4 nitrogen and oxygen atoms in total. The van der Waals surface area contributed by atoms with Crippen molar-refractivity contribution < 1.29 is 0 Å². The van der Waals surface area contributed by atoms with Gasteiger partial charge in [0.15, 0.2) is 5.82 Å². The van der Waals surface area contributed by atoms with Gasteiger partial charge in [-0.2, -0.15) is 5.26 Å². The average Bonchev–Trinajstić information content (AvgIpc) is 2.53. The molecule has 0 unspecified atom stereocenters.